The third-order valence-electron chi connectivity index (χ3n) is 7.97. The van der Waals surface area contributed by atoms with Gasteiger partial charge in [0.15, 0.2) is 17.9 Å². The number of hydrogen-bond acceptors (Lipinski definition) is 11. The molecule has 2 aliphatic heterocycles. The molecule has 4 heterocycles. The molecule has 4 rings (SSSR count). The summed E-state index contributed by atoms with van der Waals surface area (Å²) < 4.78 is 98.7. The summed E-state index contributed by atoms with van der Waals surface area (Å²) in [5.41, 5.74) is 4.83. The number of fused-ring (bicyclic) bond motifs is 2. The molecule has 246 valence electrons. The standard InChI is InChI=1S/C25H38F3N5O8SSi2/c1-12(2)43(13(3)4)37-10-17-19(40-44(41-43,14(5)6)15(7)8)20(39-42(35,36)25(26,27)28)24(38-17)33-9-16(22(30)34)18-21(29)31-11-32-23(18)33/h9,11-15,17,19H,10H2,1-8H3,(H2,30,34)(H2,29,31,32). The Morgan fingerprint density at radius 1 is 1.05 bits per heavy atom. The first-order valence-corrected chi connectivity index (χ1v) is 19.4. The second kappa shape index (κ2) is 11.6. The van der Waals surface area contributed by atoms with E-state index in [0.29, 0.717) is 0 Å². The van der Waals surface area contributed by atoms with Crippen molar-refractivity contribution in [2.24, 2.45) is 5.73 Å². The van der Waals surface area contributed by atoms with Gasteiger partial charge in [-0.3, -0.25) is 9.36 Å². The lowest BCUT2D eigenvalue weighted by atomic mass is 10.2. The first kappa shape index (κ1) is 34.2. The van der Waals surface area contributed by atoms with Gasteiger partial charge in [0.05, 0.1) is 17.6 Å². The van der Waals surface area contributed by atoms with E-state index >= 15 is 0 Å². The Bertz CT molecular complexity index is 1560. The number of alkyl halides is 3. The minimum absolute atomic E-state index is 0.0157. The van der Waals surface area contributed by atoms with Crippen LogP contribution in [0.4, 0.5) is 19.0 Å². The quantitative estimate of drug-likeness (QED) is 0.228. The summed E-state index contributed by atoms with van der Waals surface area (Å²) in [4.78, 5) is 20.3. The molecule has 2 aromatic heterocycles. The fourth-order valence-corrected chi connectivity index (χ4v) is 17.4. The number of amides is 1. The van der Waals surface area contributed by atoms with Crippen LogP contribution in [0.2, 0.25) is 22.2 Å². The Morgan fingerprint density at radius 3 is 2.11 bits per heavy atom. The van der Waals surface area contributed by atoms with Crippen molar-refractivity contribution in [3.05, 3.63) is 23.8 Å². The van der Waals surface area contributed by atoms with E-state index in [1.54, 1.807) is 0 Å². The Balaban J connectivity index is 2.03. The number of ether oxygens (including phenoxy) is 1. The summed E-state index contributed by atoms with van der Waals surface area (Å²) in [7, 11) is -12.8. The van der Waals surface area contributed by atoms with Crippen molar-refractivity contribution in [1.29, 1.82) is 0 Å². The molecule has 4 N–H and O–H groups in total. The second-order valence-electron chi connectivity index (χ2n) is 12.1. The number of nitrogen functional groups attached to an aromatic ring is 1. The van der Waals surface area contributed by atoms with E-state index in [1.807, 2.05) is 55.4 Å². The Hall–Kier alpha value is -2.72. The molecule has 1 fully saturated rings. The maximum absolute atomic E-state index is 13.7. The number of aromatic nitrogens is 3. The van der Waals surface area contributed by atoms with Crippen LogP contribution in [-0.4, -0.2) is 70.3 Å². The van der Waals surface area contributed by atoms with Gasteiger partial charge in [0.1, 0.15) is 12.1 Å². The van der Waals surface area contributed by atoms with Crippen molar-refractivity contribution in [2.45, 2.75) is 95.3 Å². The number of carbonyl (C=O) groups is 1. The van der Waals surface area contributed by atoms with E-state index < -0.39 is 62.5 Å². The molecule has 1 amide bonds. The first-order valence-electron chi connectivity index (χ1n) is 14.0. The van der Waals surface area contributed by atoms with Crippen molar-refractivity contribution in [2.75, 3.05) is 12.3 Å². The highest BCUT2D eigenvalue weighted by Gasteiger charge is 2.62. The van der Waals surface area contributed by atoms with Gasteiger partial charge in [-0.05, 0) is 22.2 Å². The highest BCUT2D eigenvalue weighted by molar-refractivity contribution is 7.87. The zero-order chi connectivity index (χ0) is 33.2. The minimum atomic E-state index is -6.23. The molecule has 2 aliphatic rings. The van der Waals surface area contributed by atoms with Crippen LogP contribution in [0.15, 0.2) is 18.3 Å². The zero-order valence-electron chi connectivity index (χ0n) is 25.6. The fraction of sp³-hybridized carbons (Fsp3) is 0.640. The van der Waals surface area contributed by atoms with E-state index in [2.05, 4.69) is 9.97 Å². The topological polar surface area (TPSA) is 180 Å². The molecule has 0 bridgehead atoms. The van der Waals surface area contributed by atoms with Crippen LogP contribution >= 0.6 is 0 Å². The molecule has 2 aromatic rings. The number of nitrogens with two attached hydrogens (primary N) is 2. The molecule has 19 heteroatoms. The molecule has 2 unspecified atom stereocenters. The van der Waals surface area contributed by atoms with E-state index in [-0.39, 0.29) is 51.2 Å². The summed E-state index contributed by atoms with van der Waals surface area (Å²) >= 11 is 0. The molecule has 2 atom stereocenters. The van der Waals surface area contributed by atoms with Crippen molar-refractivity contribution < 1.29 is 48.3 Å². The lowest BCUT2D eigenvalue weighted by Gasteiger charge is -2.51. The third-order valence-corrected chi connectivity index (χ3v) is 19.2. The van der Waals surface area contributed by atoms with Crippen LogP contribution in [-0.2, 0) is 32.0 Å². The normalized spacial score (nSPS) is 22.4. The van der Waals surface area contributed by atoms with Gasteiger partial charge >= 0.3 is 32.7 Å². The molecule has 44 heavy (non-hydrogen) atoms. The third kappa shape index (κ3) is 5.50. The minimum Gasteiger partial charge on any atom is -0.467 e. The average molecular weight is 682 g/mol. The number of rotatable bonds is 8. The van der Waals surface area contributed by atoms with Crippen molar-refractivity contribution in [1.82, 2.24) is 14.5 Å². The van der Waals surface area contributed by atoms with E-state index in [9.17, 15) is 26.4 Å². The van der Waals surface area contributed by atoms with E-state index in [0.717, 1.165) is 17.1 Å². The molecular formula is C25H38F3N5O8SSi2. The van der Waals surface area contributed by atoms with Gasteiger partial charge in [0, 0.05) is 6.20 Å². The highest BCUT2D eigenvalue weighted by atomic mass is 32.2. The predicted molar refractivity (Wildman–Crippen MR) is 158 cm³/mol. The number of carbonyl (C=O) groups excluding carboxylic acids is 1. The summed E-state index contributed by atoms with van der Waals surface area (Å²) in [6.07, 6.45) is -0.517. The molecule has 0 radical (unpaired) electrons. The highest BCUT2D eigenvalue weighted by Crippen LogP contribution is 2.49. The van der Waals surface area contributed by atoms with Gasteiger partial charge in [-0.15, -0.1) is 0 Å². The molecule has 0 aromatic carbocycles. The van der Waals surface area contributed by atoms with Crippen LogP contribution < -0.4 is 11.5 Å². The summed E-state index contributed by atoms with van der Waals surface area (Å²) in [5.74, 6) is -2.44. The van der Waals surface area contributed by atoms with Crippen molar-refractivity contribution in [3.63, 3.8) is 0 Å². The molecule has 0 saturated carbocycles. The van der Waals surface area contributed by atoms with Gasteiger partial charge in [-0.1, -0.05) is 55.4 Å². The molecule has 1 saturated heterocycles. The zero-order valence-corrected chi connectivity index (χ0v) is 28.4. The number of primary amides is 1. The lowest BCUT2D eigenvalue weighted by molar-refractivity contribution is -0.0544. The average Bonchev–Trinajstić information content (AvgIpc) is 3.41. The second-order valence-corrected chi connectivity index (χ2v) is 22.4. The molecular weight excluding hydrogens is 644 g/mol. The first-order chi connectivity index (χ1) is 20.2. The predicted octanol–water partition coefficient (Wildman–Crippen LogP) is 4.46. The van der Waals surface area contributed by atoms with Gasteiger partial charge in [0.25, 0.3) is 5.91 Å². The molecule has 0 aliphatic carbocycles. The van der Waals surface area contributed by atoms with Gasteiger partial charge < -0.3 is 33.4 Å². The molecule has 13 nitrogen and oxygen atoms in total. The number of hydrogen-bond donors (Lipinski definition) is 2. The van der Waals surface area contributed by atoms with Crippen LogP contribution in [0.3, 0.4) is 0 Å². The number of anilines is 1. The lowest BCUT2D eigenvalue weighted by Crippen LogP contribution is -2.65. The van der Waals surface area contributed by atoms with Crippen LogP contribution in [0, 0.1) is 0 Å². The van der Waals surface area contributed by atoms with Crippen LogP contribution in [0.25, 0.3) is 16.9 Å². The summed E-state index contributed by atoms with van der Waals surface area (Å²) in [6, 6.07) is 0. The van der Waals surface area contributed by atoms with Crippen molar-refractivity contribution in [3.8, 4) is 0 Å². The largest absolute Gasteiger partial charge is 0.534 e. The van der Waals surface area contributed by atoms with Crippen LogP contribution in [0.1, 0.15) is 65.7 Å². The van der Waals surface area contributed by atoms with E-state index in [4.69, 9.17) is 33.4 Å². The van der Waals surface area contributed by atoms with Crippen molar-refractivity contribution >= 4 is 55.9 Å². The monoisotopic (exact) mass is 681 g/mol. The van der Waals surface area contributed by atoms with E-state index in [1.165, 1.54) is 0 Å². The SMILES string of the molecule is CC(C)[Si]1(C(C)C)OCC2OC(n3cc(C(N)=O)c4c(N)ncnc43)=C(OS(=O)(=O)C(F)(F)F)C2O[Si](C(C)C)(C(C)C)O1. The summed E-state index contributed by atoms with van der Waals surface area (Å²) in [6.45, 7) is 15.2. The number of nitrogens with zero attached hydrogens (tertiary/aromatic N) is 3. The van der Waals surface area contributed by atoms with Gasteiger partial charge in [0.2, 0.25) is 11.6 Å². The molecule has 0 spiro atoms. The Kier molecular flexibility index (Phi) is 8.99. The number of halogens is 3. The smallest absolute Gasteiger partial charge is 0.467 e. The van der Waals surface area contributed by atoms with Gasteiger partial charge in [-0.25, -0.2) is 9.97 Å². The van der Waals surface area contributed by atoms with Crippen LogP contribution in [0.5, 0.6) is 0 Å². The summed E-state index contributed by atoms with van der Waals surface area (Å²) in [5, 5.41) is -0.0157. The maximum Gasteiger partial charge on any atom is 0.534 e. The fourth-order valence-electron chi connectivity index (χ4n) is 5.78. The Morgan fingerprint density at radius 2 is 1.61 bits per heavy atom. The van der Waals surface area contributed by atoms with Gasteiger partial charge in [-0.2, -0.15) is 21.6 Å². The Labute approximate surface area is 255 Å². The maximum atomic E-state index is 13.7.